The molecule has 76 valence electrons. The van der Waals surface area contributed by atoms with Gasteiger partial charge < -0.3 is 25.4 Å². The Hall–Kier alpha value is -0.140. The van der Waals surface area contributed by atoms with Gasteiger partial charge in [-0.25, -0.2) is 0 Å². The van der Waals surface area contributed by atoms with Crippen LogP contribution < -0.4 is 40.0 Å². The normalized spacial score (nSPS) is 24.1. The minimum absolute atomic E-state index is 0. The van der Waals surface area contributed by atoms with Gasteiger partial charge in [-0.15, -0.1) is 0 Å². The van der Waals surface area contributed by atoms with Crippen LogP contribution in [0.4, 0.5) is 0 Å². The number of aliphatic hydroxyl groups excluding tert-OH is 1. The van der Waals surface area contributed by atoms with E-state index in [9.17, 15) is 4.79 Å². The van der Waals surface area contributed by atoms with Crippen molar-refractivity contribution >= 4 is 11.9 Å². The van der Waals surface area contributed by atoms with Crippen LogP contribution in [0.25, 0.3) is 0 Å². The standard InChI is InChI=1S/C5H9NO3.C2H4O2.Na/c7-3-1-4(5(8)9)6-2-3;1-2(3)4;/h3-4,6-7H,1-2H2,(H,8,9);1H3,(H,3,4);/q;;+1/p-1/t3-,4+;;/m1../s1. The van der Waals surface area contributed by atoms with Gasteiger partial charge >= 0.3 is 35.5 Å². The van der Waals surface area contributed by atoms with Gasteiger partial charge in [0.05, 0.1) is 6.10 Å². The predicted molar refractivity (Wildman–Crippen MR) is 40.7 cm³/mol. The zero-order valence-electron chi connectivity index (χ0n) is 8.19. The molecule has 1 aliphatic heterocycles. The number of nitrogens with one attached hydrogen (secondary N) is 1. The fraction of sp³-hybridized carbons (Fsp3) is 0.714. The van der Waals surface area contributed by atoms with Crippen LogP contribution in [-0.4, -0.2) is 40.8 Å². The Morgan fingerprint density at radius 2 is 1.93 bits per heavy atom. The number of hydrogen-bond acceptors (Lipinski definition) is 5. The summed E-state index contributed by atoms with van der Waals surface area (Å²) in [5.74, 6) is -1.97. The quantitative estimate of drug-likeness (QED) is 0.375. The second-order valence-electron chi connectivity index (χ2n) is 2.68. The van der Waals surface area contributed by atoms with Crippen molar-refractivity contribution in [3.8, 4) is 0 Å². The first kappa shape index (κ1) is 16.3. The van der Waals surface area contributed by atoms with E-state index in [1.54, 1.807) is 0 Å². The van der Waals surface area contributed by atoms with E-state index < -0.39 is 24.1 Å². The zero-order valence-corrected chi connectivity index (χ0v) is 10.2. The van der Waals surface area contributed by atoms with Gasteiger partial charge in [0.25, 0.3) is 0 Å². The van der Waals surface area contributed by atoms with Gasteiger partial charge in [0.2, 0.25) is 0 Å². The number of aliphatic hydroxyl groups is 1. The second-order valence-corrected chi connectivity index (χ2v) is 2.68. The van der Waals surface area contributed by atoms with Gasteiger partial charge in [0.1, 0.15) is 6.04 Å². The third-order valence-corrected chi connectivity index (χ3v) is 1.41. The Morgan fingerprint density at radius 1 is 1.50 bits per heavy atom. The van der Waals surface area contributed by atoms with E-state index in [-0.39, 0.29) is 29.6 Å². The Labute approximate surface area is 104 Å². The summed E-state index contributed by atoms with van der Waals surface area (Å²) >= 11 is 0. The Morgan fingerprint density at radius 3 is 2.07 bits per heavy atom. The molecule has 0 unspecified atom stereocenters. The molecule has 0 amide bonds. The third kappa shape index (κ3) is 8.46. The van der Waals surface area contributed by atoms with Gasteiger partial charge in [-0.3, -0.25) is 4.79 Å². The van der Waals surface area contributed by atoms with Crippen molar-refractivity contribution in [1.29, 1.82) is 0 Å². The first-order valence-electron chi connectivity index (χ1n) is 3.75. The number of carboxylic acids is 2. The summed E-state index contributed by atoms with van der Waals surface area (Å²) < 4.78 is 0. The summed E-state index contributed by atoms with van der Waals surface area (Å²) in [6.45, 7) is 1.37. The first-order valence-corrected chi connectivity index (χ1v) is 3.75. The molecule has 7 heteroatoms. The molecule has 1 saturated heterocycles. The van der Waals surface area contributed by atoms with Crippen LogP contribution in [0.5, 0.6) is 0 Å². The molecular formula is C7H12NNaO5. The molecule has 14 heavy (non-hydrogen) atoms. The summed E-state index contributed by atoms with van der Waals surface area (Å²) in [6, 6.07) is -0.542. The Kier molecular flexibility index (Phi) is 9.53. The molecule has 1 aliphatic rings. The molecule has 0 aromatic rings. The van der Waals surface area contributed by atoms with Crippen molar-refractivity contribution in [2.75, 3.05) is 6.54 Å². The van der Waals surface area contributed by atoms with Crippen molar-refractivity contribution in [1.82, 2.24) is 5.32 Å². The number of rotatable bonds is 1. The Bertz CT molecular complexity index is 195. The van der Waals surface area contributed by atoms with Crippen molar-refractivity contribution in [2.24, 2.45) is 0 Å². The topological polar surface area (TPSA) is 110 Å². The molecule has 1 heterocycles. The molecule has 0 aromatic heterocycles. The summed E-state index contributed by atoms with van der Waals surface area (Å²) in [5, 5.41) is 28.7. The van der Waals surface area contributed by atoms with Crippen molar-refractivity contribution in [2.45, 2.75) is 25.5 Å². The maximum absolute atomic E-state index is 10.2. The minimum atomic E-state index is -1.08. The molecule has 0 spiro atoms. The van der Waals surface area contributed by atoms with E-state index in [4.69, 9.17) is 20.1 Å². The van der Waals surface area contributed by atoms with E-state index in [1.807, 2.05) is 0 Å². The number of aliphatic carboxylic acids is 2. The average Bonchev–Trinajstić information content (AvgIpc) is 2.34. The molecular weight excluding hydrogens is 201 g/mol. The van der Waals surface area contributed by atoms with Gasteiger partial charge in [0.15, 0.2) is 0 Å². The number of β-amino-alcohol motifs (C(OH)–C–C–N with tert-alkyl or cyclic N) is 1. The molecule has 1 fully saturated rings. The smallest absolute Gasteiger partial charge is 0.550 e. The van der Waals surface area contributed by atoms with E-state index in [0.717, 1.165) is 6.92 Å². The van der Waals surface area contributed by atoms with E-state index >= 15 is 0 Å². The second kappa shape index (κ2) is 8.19. The Balaban J connectivity index is 0. The van der Waals surface area contributed by atoms with Crippen LogP contribution in [0.2, 0.25) is 0 Å². The molecule has 0 aliphatic carbocycles. The molecule has 0 aromatic carbocycles. The molecule has 0 bridgehead atoms. The van der Waals surface area contributed by atoms with Gasteiger partial charge in [0, 0.05) is 18.9 Å². The number of hydrogen-bond donors (Lipinski definition) is 3. The zero-order chi connectivity index (χ0) is 10.4. The van der Waals surface area contributed by atoms with Crippen LogP contribution in [-0.2, 0) is 9.59 Å². The maximum atomic E-state index is 10.2. The SMILES string of the molecule is CC(=O)[O-].O=C(O)[C@@H]1C[C@@H](O)CN1.[Na+]. The minimum Gasteiger partial charge on any atom is -0.550 e. The molecule has 2 atom stereocenters. The van der Waals surface area contributed by atoms with Gasteiger partial charge in [-0.1, -0.05) is 0 Å². The van der Waals surface area contributed by atoms with E-state index in [1.165, 1.54) is 0 Å². The van der Waals surface area contributed by atoms with Crippen LogP contribution in [0, 0.1) is 0 Å². The fourth-order valence-corrected chi connectivity index (χ4v) is 0.905. The summed E-state index contributed by atoms with van der Waals surface area (Å²) in [4.78, 5) is 19.1. The summed E-state index contributed by atoms with van der Waals surface area (Å²) in [6.07, 6.45) is -0.152. The average molecular weight is 213 g/mol. The molecule has 0 saturated carbocycles. The van der Waals surface area contributed by atoms with Crippen molar-refractivity contribution in [3.63, 3.8) is 0 Å². The van der Waals surface area contributed by atoms with Crippen molar-refractivity contribution in [3.05, 3.63) is 0 Å². The molecule has 1 rings (SSSR count). The van der Waals surface area contributed by atoms with Crippen LogP contribution in [0.1, 0.15) is 13.3 Å². The number of carbonyl (C=O) groups is 2. The van der Waals surface area contributed by atoms with Crippen LogP contribution in [0.15, 0.2) is 0 Å². The first-order chi connectivity index (χ1) is 5.93. The molecule has 6 nitrogen and oxygen atoms in total. The van der Waals surface area contributed by atoms with Crippen LogP contribution in [0.3, 0.4) is 0 Å². The van der Waals surface area contributed by atoms with Crippen molar-refractivity contribution < 1.29 is 54.5 Å². The summed E-state index contributed by atoms with van der Waals surface area (Å²) in [7, 11) is 0. The predicted octanol–water partition coefficient (Wildman–Crippen LogP) is -5.45. The van der Waals surface area contributed by atoms with Crippen LogP contribution >= 0.6 is 0 Å². The maximum Gasteiger partial charge on any atom is 1.00 e. The largest absolute Gasteiger partial charge is 1.00 e. The van der Waals surface area contributed by atoms with E-state index in [0.29, 0.717) is 13.0 Å². The number of carbonyl (C=O) groups excluding carboxylic acids is 1. The number of carboxylic acid groups (broad SMARTS) is 2. The monoisotopic (exact) mass is 213 g/mol. The summed E-state index contributed by atoms with van der Waals surface area (Å²) in [5.41, 5.74) is 0. The molecule has 3 N–H and O–H groups in total. The van der Waals surface area contributed by atoms with E-state index in [2.05, 4.69) is 5.32 Å². The van der Waals surface area contributed by atoms with Gasteiger partial charge in [-0.05, 0) is 6.92 Å². The third-order valence-electron chi connectivity index (χ3n) is 1.41. The molecule has 0 radical (unpaired) electrons. The fourth-order valence-electron chi connectivity index (χ4n) is 0.905. The van der Waals surface area contributed by atoms with Gasteiger partial charge in [-0.2, -0.15) is 0 Å².